The summed E-state index contributed by atoms with van der Waals surface area (Å²) in [4.78, 5) is 12.9. The van der Waals surface area contributed by atoms with Crippen LogP contribution in [0.5, 0.6) is 0 Å². The number of carbonyl (C=O) groups excluding carboxylic acids is 1. The van der Waals surface area contributed by atoms with Crippen LogP contribution >= 0.6 is 27.5 Å². The molecule has 1 aliphatic heterocycles. The molecule has 118 valence electrons. The number of benzene rings is 2. The van der Waals surface area contributed by atoms with Gasteiger partial charge in [0.05, 0.1) is 5.56 Å². The molecule has 1 fully saturated rings. The number of halogens is 2. The van der Waals surface area contributed by atoms with Gasteiger partial charge in [-0.3, -0.25) is 10.2 Å². The zero-order valence-electron chi connectivity index (χ0n) is 12.1. The first-order chi connectivity index (χ1) is 10.9. The Morgan fingerprint density at radius 3 is 2.57 bits per heavy atom. The first-order valence-electron chi connectivity index (χ1n) is 6.94. The molecule has 0 aliphatic carbocycles. The minimum Gasteiger partial charge on any atom is -0.365 e. The highest BCUT2D eigenvalue weighted by Crippen LogP contribution is 2.37. The molecule has 0 saturated carbocycles. The number of hydrogen-bond donors (Lipinski definition) is 2. The van der Waals surface area contributed by atoms with Crippen LogP contribution in [0.4, 0.5) is 0 Å². The van der Waals surface area contributed by atoms with E-state index in [0.717, 1.165) is 0 Å². The molecular weight excluding hydrogens is 380 g/mol. The summed E-state index contributed by atoms with van der Waals surface area (Å²) >= 11 is 9.27. The molecule has 0 spiro atoms. The Bertz CT molecular complexity index is 778. The Hall–Kier alpha value is -1.82. The van der Waals surface area contributed by atoms with E-state index < -0.39 is 5.72 Å². The van der Waals surface area contributed by atoms with E-state index in [1.807, 2.05) is 6.07 Å². The second kappa shape index (κ2) is 6.00. The first-order valence-corrected chi connectivity index (χ1v) is 8.11. The summed E-state index contributed by atoms with van der Waals surface area (Å²) in [6, 6.07) is 13.8. The van der Waals surface area contributed by atoms with Crippen LogP contribution in [-0.4, -0.2) is 16.0 Å². The molecule has 3 rings (SSSR count). The molecule has 2 aromatic carbocycles. The fraction of sp³-hybridized carbons (Fsp3) is 0.118. The first kappa shape index (κ1) is 16.1. The van der Waals surface area contributed by atoms with Crippen molar-refractivity contribution in [2.24, 2.45) is 0 Å². The second-order valence-electron chi connectivity index (χ2n) is 5.34. The monoisotopic (exact) mass is 392 g/mol. The molecule has 0 aromatic heterocycles. The number of carbonyl (C=O) groups is 1. The maximum atomic E-state index is 12.9. The quantitative estimate of drug-likeness (QED) is 0.816. The van der Waals surface area contributed by atoms with Gasteiger partial charge >= 0.3 is 0 Å². The van der Waals surface area contributed by atoms with Gasteiger partial charge in [0, 0.05) is 27.2 Å². The lowest BCUT2D eigenvalue weighted by atomic mass is 9.98. The molecule has 6 heteroatoms. The van der Waals surface area contributed by atoms with Crippen LogP contribution in [0, 0.1) is 0 Å². The molecule has 2 N–H and O–H groups in total. The van der Waals surface area contributed by atoms with Crippen molar-refractivity contribution >= 4 is 33.4 Å². The summed E-state index contributed by atoms with van der Waals surface area (Å²) in [6.07, 6.45) is 0.199. The van der Waals surface area contributed by atoms with Crippen LogP contribution in [0.2, 0.25) is 5.02 Å². The highest BCUT2D eigenvalue weighted by Gasteiger charge is 2.46. The second-order valence-corrected chi connectivity index (χ2v) is 6.63. The van der Waals surface area contributed by atoms with Crippen molar-refractivity contribution in [1.82, 2.24) is 10.4 Å². The molecule has 1 atom stereocenters. The maximum absolute atomic E-state index is 12.9. The lowest BCUT2D eigenvalue weighted by Gasteiger charge is -2.32. The molecule has 23 heavy (non-hydrogen) atoms. The molecule has 2 aromatic rings. The van der Waals surface area contributed by atoms with Gasteiger partial charge in [0.1, 0.15) is 0 Å². The van der Waals surface area contributed by atoms with Crippen molar-refractivity contribution < 1.29 is 9.90 Å². The van der Waals surface area contributed by atoms with Gasteiger partial charge in [0.25, 0.3) is 5.91 Å². The van der Waals surface area contributed by atoms with Crippen molar-refractivity contribution in [2.75, 3.05) is 0 Å². The smallest absolute Gasteiger partial charge is 0.276 e. The SMILES string of the molecule is C=C1CC(O)(c2ccc(Cl)cc2)N(C(=O)c2ccccc2Br)N1. The molecule has 4 nitrogen and oxygen atoms in total. The topological polar surface area (TPSA) is 52.6 Å². The minimum absolute atomic E-state index is 0.199. The Morgan fingerprint density at radius 2 is 1.91 bits per heavy atom. The van der Waals surface area contributed by atoms with Crippen LogP contribution < -0.4 is 5.43 Å². The van der Waals surface area contributed by atoms with Crippen LogP contribution in [0.1, 0.15) is 22.3 Å². The number of hydrogen-bond acceptors (Lipinski definition) is 3. The summed E-state index contributed by atoms with van der Waals surface area (Å²) in [7, 11) is 0. The van der Waals surface area contributed by atoms with E-state index >= 15 is 0 Å². The van der Waals surface area contributed by atoms with E-state index in [1.165, 1.54) is 5.01 Å². The average Bonchev–Trinajstić information content (AvgIpc) is 2.83. The van der Waals surface area contributed by atoms with Gasteiger partial charge in [-0.2, -0.15) is 0 Å². The van der Waals surface area contributed by atoms with E-state index in [9.17, 15) is 9.90 Å². The van der Waals surface area contributed by atoms with Gasteiger partial charge in [-0.15, -0.1) is 0 Å². The van der Waals surface area contributed by atoms with E-state index in [0.29, 0.717) is 26.3 Å². The fourth-order valence-electron chi connectivity index (χ4n) is 2.59. The molecule has 1 unspecified atom stereocenters. The van der Waals surface area contributed by atoms with E-state index in [4.69, 9.17) is 11.6 Å². The predicted molar refractivity (Wildman–Crippen MR) is 92.6 cm³/mol. The molecule has 1 saturated heterocycles. The number of nitrogens with one attached hydrogen (secondary N) is 1. The van der Waals surface area contributed by atoms with Crippen LogP contribution in [0.25, 0.3) is 0 Å². The molecular formula is C17H14BrClN2O2. The Balaban J connectivity index is 2.03. The summed E-state index contributed by atoms with van der Waals surface area (Å²) in [5.74, 6) is -0.353. The number of nitrogens with zero attached hydrogens (tertiary/aromatic N) is 1. The molecule has 1 heterocycles. The van der Waals surface area contributed by atoms with Crippen molar-refractivity contribution in [3.63, 3.8) is 0 Å². The lowest BCUT2D eigenvalue weighted by molar-refractivity contribution is -0.0836. The fourth-order valence-corrected chi connectivity index (χ4v) is 3.17. The van der Waals surface area contributed by atoms with Crippen LogP contribution in [-0.2, 0) is 5.72 Å². The van der Waals surface area contributed by atoms with E-state index in [-0.39, 0.29) is 12.3 Å². The van der Waals surface area contributed by atoms with Crippen LogP contribution in [0.3, 0.4) is 0 Å². The zero-order chi connectivity index (χ0) is 16.6. The highest BCUT2D eigenvalue weighted by molar-refractivity contribution is 9.10. The predicted octanol–water partition coefficient (Wildman–Crippen LogP) is 3.81. The maximum Gasteiger partial charge on any atom is 0.276 e. The van der Waals surface area contributed by atoms with Gasteiger partial charge in [-0.1, -0.05) is 42.4 Å². The van der Waals surface area contributed by atoms with E-state index in [2.05, 4.69) is 27.9 Å². The number of aliphatic hydroxyl groups is 1. The van der Waals surface area contributed by atoms with E-state index in [1.54, 1.807) is 42.5 Å². The lowest BCUT2D eigenvalue weighted by Crippen LogP contribution is -2.49. The molecule has 0 bridgehead atoms. The third-order valence-electron chi connectivity index (χ3n) is 3.71. The zero-order valence-corrected chi connectivity index (χ0v) is 14.4. The van der Waals surface area contributed by atoms with Crippen molar-refractivity contribution in [3.8, 4) is 0 Å². The molecule has 1 aliphatic rings. The number of amides is 1. The van der Waals surface area contributed by atoms with Gasteiger partial charge < -0.3 is 5.11 Å². The van der Waals surface area contributed by atoms with Gasteiger partial charge in [0.2, 0.25) is 0 Å². The van der Waals surface area contributed by atoms with Crippen molar-refractivity contribution in [2.45, 2.75) is 12.1 Å². The van der Waals surface area contributed by atoms with Gasteiger partial charge in [-0.05, 0) is 40.2 Å². The largest absolute Gasteiger partial charge is 0.365 e. The molecule has 1 amide bonds. The Kier molecular flexibility index (Phi) is 4.19. The normalized spacial score (nSPS) is 20.5. The molecule has 0 radical (unpaired) electrons. The third-order valence-corrected chi connectivity index (χ3v) is 4.66. The number of hydrazine groups is 1. The summed E-state index contributed by atoms with van der Waals surface area (Å²) < 4.78 is 0.655. The summed E-state index contributed by atoms with van der Waals surface area (Å²) in [5.41, 5.74) is 2.92. The Labute approximate surface area is 147 Å². The minimum atomic E-state index is -1.52. The van der Waals surface area contributed by atoms with Gasteiger partial charge in [0.15, 0.2) is 5.72 Å². The highest BCUT2D eigenvalue weighted by atomic mass is 79.9. The van der Waals surface area contributed by atoms with Crippen LogP contribution in [0.15, 0.2) is 65.3 Å². The Morgan fingerprint density at radius 1 is 1.26 bits per heavy atom. The summed E-state index contributed by atoms with van der Waals surface area (Å²) in [5, 5.41) is 12.9. The van der Waals surface area contributed by atoms with Crippen molar-refractivity contribution in [1.29, 1.82) is 0 Å². The van der Waals surface area contributed by atoms with Gasteiger partial charge in [-0.25, -0.2) is 5.01 Å². The number of rotatable bonds is 2. The summed E-state index contributed by atoms with van der Waals surface area (Å²) in [6.45, 7) is 3.84. The standard InChI is InChI=1S/C17H14BrClN2O2/c1-11-10-17(23,12-6-8-13(19)9-7-12)21(20-11)16(22)14-4-2-3-5-15(14)18/h2-9,20,23H,1,10H2. The third kappa shape index (κ3) is 2.87. The van der Waals surface area contributed by atoms with Crippen molar-refractivity contribution in [3.05, 3.63) is 81.4 Å². The average molecular weight is 394 g/mol.